The van der Waals surface area contributed by atoms with Crippen LogP contribution in [-0.2, 0) is 4.79 Å². The lowest BCUT2D eigenvalue weighted by molar-refractivity contribution is -0.114. The fraction of sp³-hybridized carbons (Fsp3) is 0.200. The van der Waals surface area contributed by atoms with Crippen LogP contribution in [0, 0.1) is 23.6 Å². The average molecular weight is 399 g/mol. The molecule has 8 heteroatoms. The van der Waals surface area contributed by atoms with E-state index >= 15 is 0 Å². The summed E-state index contributed by atoms with van der Waals surface area (Å²) < 4.78 is 13.2. The summed E-state index contributed by atoms with van der Waals surface area (Å²) in [7, 11) is 0. The minimum atomic E-state index is -0.957. The number of imide groups is 1. The number of hydrogen-bond acceptors (Lipinski definition) is 4. The van der Waals surface area contributed by atoms with Crippen molar-refractivity contribution in [1.82, 2.24) is 15.5 Å². The highest BCUT2D eigenvalue weighted by atomic mass is 35.5. The van der Waals surface area contributed by atoms with Gasteiger partial charge in [-0.3, -0.25) is 10.1 Å². The molecule has 0 bridgehead atoms. The molecule has 1 aliphatic carbocycles. The number of rotatable bonds is 3. The normalized spacial score (nSPS) is 18.0. The Kier molecular flexibility index (Phi) is 5.71. The molecule has 2 atom stereocenters. The second-order valence-electron chi connectivity index (χ2n) is 6.22. The van der Waals surface area contributed by atoms with Gasteiger partial charge in [0.05, 0.1) is 11.3 Å². The Bertz CT molecular complexity index is 1040. The number of nitrogens with zero attached hydrogens (tertiary/aromatic N) is 2. The second kappa shape index (κ2) is 8.19. The van der Waals surface area contributed by atoms with Gasteiger partial charge in [-0.25, -0.2) is 9.18 Å². The van der Waals surface area contributed by atoms with Crippen LogP contribution in [0.15, 0.2) is 36.4 Å². The van der Waals surface area contributed by atoms with E-state index in [1.54, 1.807) is 25.1 Å². The minimum Gasteiger partial charge on any atom is -0.351 e. The number of amides is 3. The molecule has 2 aromatic rings. The standard InChI is InChI=1S/C20H16ClFN4O2/c1-2-14(19(27)24-20(23)28)17-10-16(18(21)26-25-17)15-9-12(15)7-6-11-4-3-5-13(22)8-11/h2-5,8,10,12,15H,9H2,1H3,(H3,23,24,27,28)/b14-2-/t12-,15-/m0/s1. The maximum absolute atomic E-state index is 13.2. The van der Waals surface area contributed by atoms with E-state index in [2.05, 4.69) is 22.0 Å². The van der Waals surface area contributed by atoms with Gasteiger partial charge in [0.2, 0.25) is 0 Å². The van der Waals surface area contributed by atoms with E-state index in [-0.39, 0.29) is 34.1 Å². The van der Waals surface area contributed by atoms with Crippen molar-refractivity contribution in [2.24, 2.45) is 11.7 Å². The molecule has 0 unspecified atom stereocenters. The SMILES string of the molecule is C/C=C(\C(=O)NC(N)=O)c1cc([C@H]2C[C@@H]2C#Cc2cccc(F)c2)c(Cl)nn1. The Morgan fingerprint density at radius 1 is 1.36 bits per heavy atom. The van der Waals surface area contributed by atoms with Crippen LogP contribution in [0.5, 0.6) is 0 Å². The molecule has 3 rings (SSSR count). The van der Waals surface area contributed by atoms with Gasteiger partial charge in [0.25, 0.3) is 5.91 Å². The first kappa shape index (κ1) is 19.5. The molecular weight excluding hydrogens is 383 g/mol. The highest BCUT2D eigenvalue weighted by molar-refractivity contribution is 6.30. The topological polar surface area (TPSA) is 98.0 Å². The number of nitrogens with two attached hydrogens (primary N) is 1. The molecule has 28 heavy (non-hydrogen) atoms. The number of carbonyl (C=O) groups is 2. The van der Waals surface area contributed by atoms with Crippen molar-refractivity contribution in [2.75, 3.05) is 0 Å². The van der Waals surface area contributed by atoms with E-state index < -0.39 is 11.9 Å². The molecule has 1 aliphatic rings. The van der Waals surface area contributed by atoms with Gasteiger partial charge in [0.1, 0.15) is 5.82 Å². The molecule has 1 heterocycles. The maximum atomic E-state index is 13.2. The van der Waals surface area contributed by atoms with Gasteiger partial charge in [-0.05, 0) is 43.2 Å². The lowest BCUT2D eigenvalue weighted by atomic mass is 10.1. The number of urea groups is 1. The Labute approximate surface area is 166 Å². The molecule has 1 aromatic carbocycles. The smallest absolute Gasteiger partial charge is 0.319 e. The number of nitrogens with one attached hydrogen (secondary N) is 1. The first-order valence-electron chi connectivity index (χ1n) is 8.46. The van der Waals surface area contributed by atoms with Crippen LogP contribution in [0.1, 0.15) is 36.1 Å². The Hall–Kier alpha value is -3.24. The zero-order valence-electron chi connectivity index (χ0n) is 14.9. The maximum Gasteiger partial charge on any atom is 0.319 e. The summed E-state index contributed by atoms with van der Waals surface area (Å²) in [6.07, 6.45) is 2.28. The Balaban J connectivity index is 1.80. The number of benzene rings is 1. The summed E-state index contributed by atoms with van der Waals surface area (Å²) in [5.74, 6) is 5.15. The van der Waals surface area contributed by atoms with Gasteiger partial charge in [-0.1, -0.05) is 35.6 Å². The third-order valence-corrected chi connectivity index (χ3v) is 4.53. The van der Waals surface area contributed by atoms with E-state index in [0.717, 1.165) is 12.0 Å². The molecule has 142 valence electrons. The van der Waals surface area contributed by atoms with Gasteiger partial charge in [-0.15, -0.1) is 10.2 Å². The van der Waals surface area contributed by atoms with Crippen LogP contribution in [0.3, 0.4) is 0 Å². The van der Waals surface area contributed by atoms with Crippen LogP contribution in [0.25, 0.3) is 5.57 Å². The molecule has 3 N–H and O–H groups in total. The van der Waals surface area contributed by atoms with E-state index in [1.807, 2.05) is 5.32 Å². The third kappa shape index (κ3) is 4.53. The summed E-state index contributed by atoms with van der Waals surface area (Å²) in [5.41, 5.74) is 6.75. The molecule has 1 saturated carbocycles. The van der Waals surface area contributed by atoms with Crippen LogP contribution < -0.4 is 11.1 Å². The summed E-state index contributed by atoms with van der Waals surface area (Å²) in [5, 5.41) is 10.1. The fourth-order valence-corrected chi connectivity index (χ4v) is 3.03. The van der Waals surface area contributed by atoms with Crippen molar-refractivity contribution in [2.45, 2.75) is 19.3 Å². The predicted octanol–water partition coefficient (Wildman–Crippen LogP) is 3.02. The summed E-state index contributed by atoms with van der Waals surface area (Å²) >= 11 is 6.18. The van der Waals surface area contributed by atoms with Crippen LogP contribution in [0.2, 0.25) is 5.15 Å². The quantitative estimate of drug-likeness (QED) is 0.613. The molecule has 1 aromatic heterocycles. The highest BCUT2D eigenvalue weighted by Gasteiger charge is 2.39. The van der Waals surface area contributed by atoms with Gasteiger partial charge in [0, 0.05) is 17.4 Å². The number of allylic oxidation sites excluding steroid dienone is 1. The number of hydrogen-bond donors (Lipinski definition) is 2. The molecule has 0 aliphatic heterocycles. The predicted molar refractivity (Wildman–Crippen MR) is 103 cm³/mol. The van der Waals surface area contributed by atoms with Gasteiger partial charge >= 0.3 is 6.03 Å². The molecule has 0 spiro atoms. The number of halogens is 2. The zero-order chi connectivity index (χ0) is 20.3. The Morgan fingerprint density at radius 2 is 2.14 bits per heavy atom. The molecule has 1 fully saturated rings. The van der Waals surface area contributed by atoms with E-state index in [1.165, 1.54) is 18.2 Å². The van der Waals surface area contributed by atoms with Crippen LogP contribution in [-0.4, -0.2) is 22.1 Å². The minimum absolute atomic E-state index is 0.0418. The van der Waals surface area contributed by atoms with Gasteiger partial charge < -0.3 is 5.73 Å². The number of carbonyl (C=O) groups excluding carboxylic acids is 2. The lowest BCUT2D eigenvalue weighted by Gasteiger charge is -2.08. The van der Waals surface area contributed by atoms with Crippen LogP contribution in [0.4, 0.5) is 9.18 Å². The number of primary amides is 1. The zero-order valence-corrected chi connectivity index (χ0v) is 15.6. The summed E-state index contributed by atoms with van der Waals surface area (Å²) in [4.78, 5) is 23.0. The van der Waals surface area contributed by atoms with Crippen molar-refractivity contribution < 1.29 is 14.0 Å². The van der Waals surface area contributed by atoms with Crippen molar-refractivity contribution in [1.29, 1.82) is 0 Å². The van der Waals surface area contributed by atoms with Crippen molar-refractivity contribution in [3.05, 3.63) is 64.2 Å². The molecule has 0 saturated heterocycles. The lowest BCUT2D eigenvalue weighted by Crippen LogP contribution is -2.35. The largest absolute Gasteiger partial charge is 0.351 e. The van der Waals surface area contributed by atoms with Gasteiger partial charge in [0.15, 0.2) is 5.15 Å². The molecule has 0 radical (unpaired) electrons. The van der Waals surface area contributed by atoms with Crippen LogP contribution >= 0.6 is 11.6 Å². The van der Waals surface area contributed by atoms with Crippen molar-refractivity contribution >= 4 is 29.1 Å². The fourth-order valence-electron chi connectivity index (χ4n) is 2.80. The Morgan fingerprint density at radius 3 is 2.82 bits per heavy atom. The monoisotopic (exact) mass is 398 g/mol. The van der Waals surface area contributed by atoms with Gasteiger partial charge in [-0.2, -0.15) is 0 Å². The van der Waals surface area contributed by atoms with Crippen molar-refractivity contribution in [3.63, 3.8) is 0 Å². The molecule has 3 amide bonds. The molecular formula is C20H16ClFN4O2. The number of aromatic nitrogens is 2. The molecule has 6 nitrogen and oxygen atoms in total. The first-order valence-corrected chi connectivity index (χ1v) is 8.84. The second-order valence-corrected chi connectivity index (χ2v) is 6.58. The van der Waals surface area contributed by atoms with E-state index in [4.69, 9.17) is 17.3 Å². The van der Waals surface area contributed by atoms with E-state index in [0.29, 0.717) is 5.56 Å². The highest BCUT2D eigenvalue weighted by Crippen LogP contribution is 2.49. The van der Waals surface area contributed by atoms with Crippen molar-refractivity contribution in [3.8, 4) is 11.8 Å². The summed E-state index contributed by atoms with van der Waals surface area (Å²) in [6, 6.07) is 6.79. The average Bonchev–Trinajstić information content (AvgIpc) is 3.41. The first-order chi connectivity index (χ1) is 13.4. The van der Waals surface area contributed by atoms with E-state index in [9.17, 15) is 14.0 Å². The summed E-state index contributed by atoms with van der Waals surface area (Å²) in [6.45, 7) is 1.64. The third-order valence-electron chi connectivity index (χ3n) is 4.24.